The number of nitrogens with zero attached hydrogens (tertiary/aromatic N) is 2. The second-order valence-corrected chi connectivity index (χ2v) is 9.97. The maximum absolute atomic E-state index is 15.5. The minimum absolute atomic E-state index is 0.000646. The zero-order valence-corrected chi connectivity index (χ0v) is 18.8. The molecular weight excluding hydrogens is 478 g/mol. The van der Waals surface area contributed by atoms with Crippen LogP contribution < -0.4 is 5.73 Å². The van der Waals surface area contributed by atoms with Gasteiger partial charge in [0.1, 0.15) is 11.3 Å². The number of alkyl halides is 5. The first-order chi connectivity index (χ1) is 16.4. The summed E-state index contributed by atoms with van der Waals surface area (Å²) < 4.78 is 86.3. The van der Waals surface area contributed by atoms with Crippen LogP contribution in [0.5, 0.6) is 0 Å². The first-order valence-corrected chi connectivity index (χ1v) is 11.7. The number of likely N-dealkylation sites (tertiary alicyclic amines) is 1. The van der Waals surface area contributed by atoms with Gasteiger partial charge in [-0.2, -0.15) is 13.2 Å². The maximum atomic E-state index is 15.5. The number of nitrogens with one attached hydrogen (secondary N) is 1. The number of nitrogens with two attached hydrogens (primary N) is 1. The van der Waals surface area contributed by atoms with E-state index in [1.54, 1.807) is 6.07 Å². The Hall–Kier alpha value is -2.34. The van der Waals surface area contributed by atoms with Crippen LogP contribution in [0, 0.1) is 23.6 Å². The van der Waals surface area contributed by atoms with E-state index in [0.29, 0.717) is 24.2 Å². The fraction of sp³-hybridized carbons (Fsp3) is 0.652. The highest BCUT2D eigenvalue weighted by Crippen LogP contribution is 2.43. The molecule has 2 saturated heterocycles. The normalized spacial score (nSPS) is 29.9. The Labute approximate surface area is 197 Å². The minimum atomic E-state index is -4.21. The molecule has 0 bridgehead atoms. The molecule has 2 aromatic rings. The zero-order valence-electron chi connectivity index (χ0n) is 18.8. The summed E-state index contributed by atoms with van der Waals surface area (Å²) in [5.74, 6) is -6.70. The maximum Gasteiger partial charge on any atom is 0.391 e. The molecule has 0 spiro atoms. The molecule has 0 unspecified atom stereocenters. The van der Waals surface area contributed by atoms with Crippen LogP contribution in [0.2, 0.25) is 0 Å². The molecule has 0 radical (unpaired) electrons. The summed E-state index contributed by atoms with van der Waals surface area (Å²) in [5.41, 5.74) is 6.91. The van der Waals surface area contributed by atoms with Crippen LogP contribution >= 0.6 is 0 Å². The van der Waals surface area contributed by atoms with E-state index in [0.717, 1.165) is 4.90 Å². The summed E-state index contributed by atoms with van der Waals surface area (Å²) in [6, 6.07) is 2.45. The number of carbonyl (C=O) groups is 1. The van der Waals surface area contributed by atoms with Gasteiger partial charge in [0.2, 0.25) is 5.91 Å². The van der Waals surface area contributed by atoms with E-state index >= 15 is 4.39 Å². The van der Waals surface area contributed by atoms with Crippen LogP contribution in [-0.4, -0.2) is 59.2 Å². The van der Waals surface area contributed by atoms with E-state index in [2.05, 4.69) is 9.97 Å². The van der Waals surface area contributed by atoms with Crippen LogP contribution in [0.15, 0.2) is 12.1 Å². The molecule has 6 nitrogen and oxygen atoms in total. The number of rotatable bonds is 4. The fourth-order valence-electron chi connectivity index (χ4n) is 5.56. The number of aromatic amines is 1. The lowest BCUT2D eigenvalue weighted by Crippen LogP contribution is -2.60. The molecule has 3 heterocycles. The van der Waals surface area contributed by atoms with Crippen LogP contribution in [0.4, 0.5) is 26.3 Å². The molecule has 1 amide bonds. The highest BCUT2D eigenvalue weighted by atomic mass is 19.4. The van der Waals surface area contributed by atoms with Crippen molar-refractivity contribution < 1.29 is 35.9 Å². The minimum Gasteiger partial charge on any atom is -0.380 e. The smallest absolute Gasteiger partial charge is 0.380 e. The predicted molar refractivity (Wildman–Crippen MR) is 113 cm³/mol. The van der Waals surface area contributed by atoms with Gasteiger partial charge in [-0.05, 0) is 43.2 Å². The number of halogens is 6. The lowest BCUT2D eigenvalue weighted by Gasteiger charge is -2.40. The first-order valence-electron chi connectivity index (χ1n) is 11.7. The fourth-order valence-corrected chi connectivity index (χ4v) is 5.56. The molecule has 3 N–H and O–H groups in total. The molecule has 2 aliphatic heterocycles. The van der Waals surface area contributed by atoms with Crippen molar-refractivity contribution in [3.05, 3.63) is 29.3 Å². The van der Waals surface area contributed by atoms with Gasteiger partial charge in [-0.3, -0.25) is 4.79 Å². The Balaban J connectivity index is 1.33. The van der Waals surface area contributed by atoms with Crippen molar-refractivity contribution in [3.63, 3.8) is 0 Å². The van der Waals surface area contributed by atoms with E-state index in [9.17, 15) is 26.7 Å². The third-order valence-electron chi connectivity index (χ3n) is 7.65. The molecule has 5 rings (SSSR count). The molecule has 192 valence electrons. The van der Waals surface area contributed by atoms with Crippen molar-refractivity contribution in [2.75, 3.05) is 26.3 Å². The molecule has 1 aromatic heterocycles. The molecular formula is C23H26F6N4O2. The predicted octanol–water partition coefficient (Wildman–Crippen LogP) is 4.28. The van der Waals surface area contributed by atoms with Gasteiger partial charge >= 0.3 is 6.18 Å². The topological polar surface area (TPSA) is 84.2 Å². The van der Waals surface area contributed by atoms with E-state index in [1.807, 2.05) is 0 Å². The van der Waals surface area contributed by atoms with Gasteiger partial charge < -0.3 is 20.4 Å². The van der Waals surface area contributed by atoms with Crippen LogP contribution in [0.25, 0.3) is 11.0 Å². The average Bonchev–Trinajstić information content (AvgIpc) is 3.44. The number of H-pyrrole nitrogens is 1. The number of amides is 1. The molecule has 35 heavy (non-hydrogen) atoms. The van der Waals surface area contributed by atoms with Crippen molar-refractivity contribution in [1.29, 1.82) is 0 Å². The third-order valence-corrected chi connectivity index (χ3v) is 7.65. The molecule has 3 fully saturated rings. The molecule has 12 heteroatoms. The summed E-state index contributed by atoms with van der Waals surface area (Å²) >= 11 is 0. The average molecular weight is 504 g/mol. The lowest BCUT2D eigenvalue weighted by atomic mass is 9.78. The SMILES string of the molecule is N[C@H](c1nc2c(F)c([C@@H]3COC[C@H]3C(=O)N3CC(F)(F)C3)ccc2[nH]1)C1CCC(C(F)(F)F)CC1. The van der Waals surface area contributed by atoms with E-state index in [1.165, 1.54) is 6.07 Å². The number of hydrogen-bond acceptors (Lipinski definition) is 4. The molecule has 1 aliphatic carbocycles. The number of hydrogen-bond donors (Lipinski definition) is 2. The standard InChI is InChI=1S/C23H26F6N4O2/c24-17-13(14-7-35-8-15(14)21(34)33-9-22(25,26)10-33)5-6-16-19(17)32-20(31-16)18(30)11-1-3-12(4-2-11)23(27,28)29/h5-6,11-12,14-15,18H,1-4,7-10,30H2,(H,31,32)/t11?,12?,14-,15+,18-/m0/s1. The van der Waals surface area contributed by atoms with E-state index < -0.39 is 60.7 Å². The van der Waals surface area contributed by atoms with E-state index in [4.69, 9.17) is 10.5 Å². The zero-order chi connectivity index (χ0) is 25.1. The third kappa shape index (κ3) is 4.50. The Bertz CT molecular complexity index is 1100. The number of carbonyl (C=O) groups excluding carboxylic acids is 1. The van der Waals surface area contributed by atoms with Crippen LogP contribution in [0.1, 0.15) is 49.0 Å². The molecule has 3 atom stereocenters. The van der Waals surface area contributed by atoms with Gasteiger partial charge in [0.25, 0.3) is 5.92 Å². The molecule has 1 aromatic carbocycles. The largest absolute Gasteiger partial charge is 0.391 e. The summed E-state index contributed by atoms with van der Waals surface area (Å²) in [5, 5.41) is 0. The number of fused-ring (bicyclic) bond motifs is 1. The second kappa shape index (κ2) is 8.65. The Morgan fingerprint density at radius 2 is 1.86 bits per heavy atom. The number of benzene rings is 1. The van der Waals surface area contributed by atoms with Gasteiger partial charge in [0.15, 0.2) is 5.82 Å². The quantitative estimate of drug-likeness (QED) is 0.609. The van der Waals surface area contributed by atoms with Crippen LogP contribution in [-0.2, 0) is 9.53 Å². The monoisotopic (exact) mass is 504 g/mol. The number of ether oxygens (including phenoxy) is 1. The van der Waals surface area contributed by atoms with Crippen molar-refractivity contribution in [1.82, 2.24) is 14.9 Å². The summed E-state index contributed by atoms with van der Waals surface area (Å²) in [4.78, 5) is 21.1. The summed E-state index contributed by atoms with van der Waals surface area (Å²) in [6.07, 6.45) is -3.61. The van der Waals surface area contributed by atoms with Gasteiger partial charge in [-0.1, -0.05) is 6.07 Å². The molecule has 1 saturated carbocycles. The Kier molecular flexibility index (Phi) is 6.02. The highest BCUT2D eigenvalue weighted by molar-refractivity contribution is 5.82. The van der Waals surface area contributed by atoms with Crippen LogP contribution in [0.3, 0.4) is 0 Å². The van der Waals surface area contributed by atoms with Crippen molar-refractivity contribution in [2.45, 2.75) is 49.7 Å². The highest BCUT2D eigenvalue weighted by Gasteiger charge is 2.50. The van der Waals surface area contributed by atoms with Gasteiger partial charge in [0, 0.05) is 5.92 Å². The Morgan fingerprint density at radius 1 is 1.17 bits per heavy atom. The van der Waals surface area contributed by atoms with Crippen molar-refractivity contribution in [3.8, 4) is 0 Å². The molecule has 3 aliphatic rings. The lowest BCUT2D eigenvalue weighted by molar-refractivity contribution is -0.184. The number of imidazole rings is 1. The van der Waals surface area contributed by atoms with E-state index in [-0.39, 0.29) is 43.1 Å². The van der Waals surface area contributed by atoms with Gasteiger partial charge in [-0.15, -0.1) is 0 Å². The summed E-state index contributed by atoms with van der Waals surface area (Å²) in [7, 11) is 0. The number of aromatic nitrogens is 2. The van der Waals surface area contributed by atoms with Crippen molar-refractivity contribution in [2.24, 2.45) is 23.5 Å². The first kappa shape index (κ1) is 24.4. The van der Waals surface area contributed by atoms with Gasteiger partial charge in [-0.25, -0.2) is 18.2 Å². The van der Waals surface area contributed by atoms with Gasteiger partial charge in [0.05, 0.1) is 49.7 Å². The summed E-state index contributed by atoms with van der Waals surface area (Å²) in [6.45, 7) is -1.22. The second-order valence-electron chi connectivity index (χ2n) is 9.97. The Morgan fingerprint density at radius 3 is 2.49 bits per heavy atom. The van der Waals surface area contributed by atoms with Crippen molar-refractivity contribution >= 4 is 16.9 Å².